The number of halogens is 2. The van der Waals surface area contributed by atoms with Gasteiger partial charge in [-0.25, -0.2) is 0 Å². The van der Waals surface area contributed by atoms with Crippen LogP contribution in [0.3, 0.4) is 0 Å². The fourth-order valence-corrected chi connectivity index (χ4v) is 1.90. The average Bonchev–Trinajstić information content (AvgIpc) is 2.09. The van der Waals surface area contributed by atoms with Gasteiger partial charge >= 0.3 is 0 Å². The summed E-state index contributed by atoms with van der Waals surface area (Å²) in [5.74, 6) is 0. The quantitative estimate of drug-likeness (QED) is 0.670. The van der Waals surface area contributed by atoms with Gasteiger partial charge in [-0.05, 0) is 11.6 Å². The van der Waals surface area contributed by atoms with Gasteiger partial charge in [-0.15, -0.1) is 0 Å². The van der Waals surface area contributed by atoms with Crippen molar-refractivity contribution in [1.82, 2.24) is 0 Å². The van der Waals surface area contributed by atoms with Gasteiger partial charge in [-0.1, -0.05) is 63.9 Å². The van der Waals surface area contributed by atoms with Crippen LogP contribution in [0.5, 0.6) is 0 Å². The SMILES string of the molecule is BrCc1ccccc1Br.CC. The Bertz CT molecular complexity index is 197. The summed E-state index contributed by atoms with van der Waals surface area (Å²) in [7, 11) is 0. The highest BCUT2D eigenvalue weighted by Gasteiger charge is 1.92. The van der Waals surface area contributed by atoms with Gasteiger partial charge in [-0.3, -0.25) is 0 Å². The Labute approximate surface area is 85.3 Å². The summed E-state index contributed by atoms with van der Waals surface area (Å²) >= 11 is 6.80. The second-order valence-electron chi connectivity index (χ2n) is 1.73. The lowest BCUT2D eigenvalue weighted by atomic mass is 10.2. The van der Waals surface area contributed by atoms with Crippen molar-refractivity contribution in [3.8, 4) is 0 Å². The normalized spacial score (nSPS) is 8.36. The predicted octanol–water partition coefficient (Wildman–Crippen LogP) is 4.37. The number of rotatable bonds is 1. The van der Waals surface area contributed by atoms with Crippen molar-refractivity contribution in [2.45, 2.75) is 19.2 Å². The van der Waals surface area contributed by atoms with Crippen LogP contribution in [0, 0.1) is 0 Å². The van der Waals surface area contributed by atoms with E-state index in [2.05, 4.69) is 37.9 Å². The number of hydrogen-bond donors (Lipinski definition) is 0. The third-order valence-corrected chi connectivity index (χ3v) is 2.48. The first-order valence-corrected chi connectivity index (χ1v) is 5.55. The first kappa shape index (κ1) is 11.2. The summed E-state index contributed by atoms with van der Waals surface area (Å²) < 4.78 is 1.17. The van der Waals surface area contributed by atoms with Crippen LogP contribution in [-0.4, -0.2) is 0 Å². The van der Waals surface area contributed by atoms with E-state index in [1.54, 1.807) is 0 Å². The van der Waals surface area contributed by atoms with Crippen molar-refractivity contribution in [1.29, 1.82) is 0 Å². The first-order valence-electron chi connectivity index (χ1n) is 3.64. The van der Waals surface area contributed by atoms with Crippen molar-refractivity contribution in [2.75, 3.05) is 0 Å². The first-order chi connectivity index (χ1) is 5.34. The molecule has 0 nitrogen and oxygen atoms in total. The van der Waals surface area contributed by atoms with Gasteiger partial charge in [0.2, 0.25) is 0 Å². The van der Waals surface area contributed by atoms with Crippen molar-refractivity contribution < 1.29 is 0 Å². The molecule has 0 spiro atoms. The molecule has 1 rings (SSSR count). The predicted molar refractivity (Wildman–Crippen MR) is 58.1 cm³/mol. The molecule has 0 amide bonds. The summed E-state index contributed by atoms with van der Waals surface area (Å²) in [6.45, 7) is 4.00. The molecule has 0 fully saturated rings. The minimum Gasteiger partial charge on any atom is -0.0876 e. The van der Waals surface area contributed by atoms with Crippen LogP contribution >= 0.6 is 31.9 Å². The van der Waals surface area contributed by atoms with Crippen LogP contribution < -0.4 is 0 Å². The molecular weight excluding hydrogens is 268 g/mol. The van der Waals surface area contributed by atoms with Crippen molar-refractivity contribution in [2.24, 2.45) is 0 Å². The van der Waals surface area contributed by atoms with Gasteiger partial charge < -0.3 is 0 Å². The van der Waals surface area contributed by atoms with Gasteiger partial charge in [0.05, 0.1) is 0 Å². The lowest BCUT2D eigenvalue weighted by Crippen LogP contribution is -1.76. The van der Waals surface area contributed by atoms with E-state index >= 15 is 0 Å². The maximum Gasteiger partial charge on any atom is 0.0294 e. The van der Waals surface area contributed by atoms with Crippen molar-refractivity contribution >= 4 is 31.9 Å². The molecule has 0 saturated heterocycles. The third-order valence-electron chi connectivity index (χ3n) is 1.10. The molecule has 1 aromatic carbocycles. The molecule has 62 valence electrons. The van der Waals surface area contributed by atoms with Crippen molar-refractivity contribution in [3.05, 3.63) is 34.3 Å². The van der Waals surface area contributed by atoms with Gasteiger partial charge in [0.25, 0.3) is 0 Å². The Morgan fingerprint density at radius 3 is 2.09 bits per heavy atom. The molecule has 2 heteroatoms. The molecule has 0 saturated carbocycles. The van der Waals surface area contributed by atoms with Crippen LogP contribution in [0.2, 0.25) is 0 Å². The zero-order valence-electron chi connectivity index (χ0n) is 6.77. The summed E-state index contributed by atoms with van der Waals surface area (Å²) in [4.78, 5) is 0. The number of alkyl halides is 1. The summed E-state index contributed by atoms with van der Waals surface area (Å²) in [6, 6.07) is 8.16. The Balaban J connectivity index is 0.000000461. The molecule has 11 heavy (non-hydrogen) atoms. The molecule has 0 heterocycles. The lowest BCUT2D eigenvalue weighted by Gasteiger charge is -1.95. The monoisotopic (exact) mass is 278 g/mol. The fraction of sp³-hybridized carbons (Fsp3) is 0.333. The van der Waals surface area contributed by atoms with E-state index in [9.17, 15) is 0 Å². The molecule has 0 unspecified atom stereocenters. The molecule has 0 N–H and O–H groups in total. The van der Waals surface area contributed by atoms with E-state index < -0.39 is 0 Å². The highest BCUT2D eigenvalue weighted by atomic mass is 79.9. The Kier molecular flexibility index (Phi) is 6.98. The summed E-state index contributed by atoms with van der Waals surface area (Å²) in [5, 5.41) is 0.911. The molecule has 0 aliphatic rings. The van der Waals surface area contributed by atoms with E-state index in [0.717, 1.165) is 5.33 Å². The fourth-order valence-electron chi connectivity index (χ4n) is 0.607. The largest absolute Gasteiger partial charge is 0.0876 e. The second kappa shape index (κ2) is 6.86. The zero-order chi connectivity index (χ0) is 8.69. The van der Waals surface area contributed by atoms with Crippen LogP contribution in [-0.2, 0) is 5.33 Å². The van der Waals surface area contributed by atoms with Gasteiger partial charge in [0.1, 0.15) is 0 Å². The van der Waals surface area contributed by atoms with E-state index in [1.807, 2.05) is 32.0 Å². The second-order valence-corrected chi connectivity index (χ2v) is 3.14. The van der Waals surface area contributed by atoms with Gasteiger partial charge in [-0.2, -0.15) is 0 Å². The number of hydrogen-bond acceptors (Lipinski definition) is 0. The molecule has 1 aromatic rings. The molecule has 0 aromatic heterocycles. The Morgan fingerprint density at radius 1 is 1.18 bits per heavy atom. The Morgan fingerprint density at radius 2 is 1.73 bits per heavy atom. The van der Waals surface area contributed by atoms with Crippen LogP contribution in [0.25, 0.3) is 0 Å². The van der Waals surface area contributed by atoms with Crippen LogP contribution in [0.4, 0.5) is 0 Å². The minimum atomic E-state index is 0.911. The highest BCUT2D eigenvalue weighted by molar-refractivity contribution is 9.10. The molecular formula is C9H12Br2. The lowest BCUT2D eigenvalue weighted by molar-refractivity contribution is 1.40. The molecule has 0 aliphatic heterocycles. The minimum absolute atomic E-state index is 0.911. The van der Waals surface area contributed by atoms with Crippen LogP contribution in [0.1, 0.15) is 19.4 Å². The molecule has 0 bridgehead atoms. The van der Waals surface area contributed by atoms with Gasteiger partial charge in [0, 0.05) is 9.80 Å². The number of benzene rings is 1. The standard InChI is InChI=1S/C7H6Br2.C2H6/c8-5-6-3-1-2-4-7(6)9;1-2/h1-4H,5H2;1-2H3. The molecule has 0 atom stereocenters. The van der Waals surface area contributed by atoms with Crippen LogP contribution in [0.15, 0.2) is 28.7 Å². The molecule has 0 radical (unpaired) electrons. The Hall–Kier alpha value is 0.180. The average molecular weight is 280 g/mol. The van der Waals surface area contributed by atoms with Crippen molar-refractivity contribution in [3.63, 3.8) is 0 Å². The van der Waals surface area contributed by atoms with Gasteiger partial charge in [0.15, 0.2) is 0 Å². The molecule has 0 aliphatic carbocycles. The van der Waals surface area contributed by atoms with E-state index in [-0.39, 0.29) is 0 Å². The summed E-state index contributed by atoms with van der Waals surface area (Å²) in [5.41, 5.74) is 1.29. The topological polar surface area (TPSA) is 0 Å². The maximum atomic E-state index is 3.43. The zero-order valence-corrected chi connectivity index (χ0v) is 9.94. The van der Waals surface area contributed by atoms with E-state index in [1.165, 1.54) is 10.0 Å². The van der Waals surface area contributed by atoms with E-state index in [4.69, 9.17) is 0 Å². The third kappa shape index (κ3) is 3.92. The maximum absolute atomic E-state index is 3.43. The summed E-state index contributed by atoms with van der Waals surface area (Å²) in [6.07, 6.45) is 0. The highest BCUT2D eigenvalue weighted by Crippen LogP contribution is 2.17. The smallest absolute Gasteiger partial charge is 0.0294 e. The van der Waals surface area contributed by atoms with E-state index in [0.29, 0.717) is 0 Å².